The van der Waals surface area contributed by atoms with Crippen molar-refractivity contribution in [2.75, 3.05) is 13.2 Å². The smallest absolute Gasteiger partial charge is 0.306 e. The van der Waals surface area contributed by atoms with Crippen molar-refractivity contribution in [2.24, 2.45) is 0 Å². The third-order valence-electron chi connectivity index (χ3n) is 13.3. The minimum atomic E-state index is -0.807. The molecule has 0 aliphatic carbocycles. The van der Waals surface area contributed by atoms with E-state index in [0.717, 1.165) is 89.9 Å². The fourth-order valence-corrected chi connectivity index (χ4v) is 8.66. The molecule has 0 rings (SSSR count). The minimum absolute atomic E-state index is 0.0984. The third-order valence-corrected chi connectivity index (χ3v) is 13.3. The molecule has 424 valence electrons. The van der Waals surface area contributed by atoms with Crippen molar-refractivity contribution in [2.45, 2.75) is 303 Å². The summed E-state index contributed by atoms with van der Waals surface area (Å²) in [7, 11) is 0. The van der Waals surface area contributed by atoms with Gasteiger partial charge in [-0.1, -0.05) is 279 Å². The third kappa shape index (κ3) is 59.2. The van der Waals surface area contributed by atoms with E-state index in [0.29, 0.717) is 19.3 Å². The summed E-state index contributed by atoms with van der Waals surface area (Å²) in [5.41, 5.74) is 0. The van der Waals surface area contributed by atoms with E-state index in [-0.39, 0.29) is 37.5 Å². The highest BCUT2D eigenvalue weighted by molar-refractivity contribution is 5.71. The fourth-order valence-electron chi connectivity index (χ4n) is 8.66. The number of esters is 3. The first-order chi connectivity index (χ1) is 36.5. The highest BCUT2D eigenvalue weighted by Gasteiger charge is 2.19. The molecule has 0 aromatic heterocycles. The summed E-state index contributed by atoms with van der Waals surface area (Å²) in [6.07, 6.45) is 82.8. The second kappa shape index (κ2) is 61.9. The topological polar surface area (TPSA) is 78.9 Å². The van der Waals surface area contributed by atoms with Crippen LogP contribution in [0.25, 0.3) is 0 Å². The van der Waals surface area contributed by atoms with Crippen molar-refractivity contribution in [1.82, 2.24) is 0 Å². The van der Waals surface area contributed by atoms with Gasteiger partial charge >= 0.3 is 17.9 Å². The molecule has 0 saturated carbocycles. The SMILES string of the molecule is CC/C=C\C/C=C\C/C=C\C/C=C\C/C=C\CCCC(=O)OC(COC(=O)CCCCCCCCCCCCCC)COC(=O)CCCCCCCCCCCCCC/C=C\C/C=C\C/C=C\CCCCCCC. The Morgan fingerprint density at radius 1 is 0.284 bits per heavy atom. The molecule has 0 saturated heterocycles. The number of hydrogen-bond donors (Lipinski definition) is 0. The molecule has 0 aliphatic heterocycles. The van der Waals surface area contributed by atoms with Gasteiger partial charge in [-0.3, -0.25) is 14.4 Å². The van der Waals surface area contributed by atoms with Crippen LogP contribution in [0.4, 0.5) is 0 Å². The molecule has 0 aliphatic rings. The van der Waals surface area contributed by atoms with Gasteiger partial charge in [-0.25, -0.2) is 0 Å². The van der Waals surface area contributed by atoms with Gasteiger partial charge in [-0.05, 0) is 96.3 Å². The summed E-state index contributed by atoms with van der Waals surface area (Å²) in [4.78, 5) is 38.2. The monoisotopic (exact) mass is 1030 g/mol. The molecule has 0 N–H and O–H groups in total. The van der Waals surface area contributed by atoms with Gasteiger partial charge in [0.1, 0.15) is 13.2 Å². The molecule has 0 aromatic rings. The number of carbonyl (C=O) groups is 3. The van der Waals surface area contributed by atoms with E-state index >= 15 is 0 Å². The lowest BCUT2D eigenvalue weighted by Gasteiger charge is -2.18. The van der Waals surface area contributed by atoms with Gasteiger partial charge < -0.3 is 14.2 Å². The van der Waals surface area contributed by atoms with Crippen LogP contribution in [-0.4, -0.2) is 37.2 Å². The number of hydrogen-bond acceptors (Lipinski definition) is 6. The molecule has 0 spiro atoms. The van der Waals surface area contributed by atoms with E-state index in [1.54, 1.807) is 0 Å². The largest absolute Gasteiger partial charge is 0.462 e. The van der Waals surface area contributed by atoms with Crippen LogP contribution in [0.3, 0.4) is 0 Å². The van der Waals surface area contributed by atoms with Gasteiger partial charge in [0.2, 0.25) is 0 Å². The quantitative estimate of drug-likeness (QED) is 0.0261. The van der Waals surface area contributed by atoms with Crippen LogP contribution in [0, 0.1) is 0 Å². The van der Waals surface area contributed by atoms with Crippen LogP contribution in [0.1, 0.15) is 297 Å². The van der Waals surface area contributed by atoms with E-state index in [2.05, 4.69) is 118 Å². The van der Waals surface area contributed by atoms with E-state index in [4.69, 9.17) is 14.2 Å². The Kier molecular flexibility index (Phi) is 58.8. The lowest BCUT2D eigenvalue weighted by Crippen LogP contribution is -2.30. The molecule has 0 bridgehead atoms. The number of allylic oxidation sites excluding steroid dienone is 16. The van der Waals surface area contributed by atoms with E-state index in [9.17, 15) is 14.4 Å². The van der Waals surface area contributed by atoms with Crippen LogP contribution in [0.2, 0.25) is 0 Å². The molecule has 0 radical (unpaired) electrons. The Hall–Kier alpha value is -3.67. The molecule has 6 nitrogen and oxygen atoms in total. The summed E-state index contributed by atoms with van der Waals surface area (Å²) in [5, 5.41) is 0. The van der Waals surface area contributed by atoms with Crippen LogP contribution in [0.15, 0.2) is 97.2 Å². The van der Waals surface area contributed by atoms with Crippen molar-refractivity contribution in [3.63, 3.8) is 0 Å². The zero-order valence-electron chi connectivity index (χ0n) is 48.6. The van der Waals surface area contributed by atoms with Gasteiger partial charge in [0.05, 0.1) is 0 Å². The summed E-state index contributed by atoms with van der Waals surface area (Å²) in [6, 6.07) is 0. The Bertz CT molecular complexity index is 1460. The van der Waals surface area contributed by atoms with Crippen molar-refractivity contribution >= 4 is 17.9 Å². The summed E-state index contributed by atoms with van der Waals surface area (Å²) < 4.78 is 16.8. The molecule has 1 unspecified atom stereocenters. The highest BCUT2D eigenvalue weighted by atomic mass is 16.6. The first-order valence-electron chi connectivity index (χ1n) is 31.2. The fraction of sp³-hybridized carbons (Fsp3) is 0.721. The number of rotatable bonds is 56. The van der Waals surface area contributed by atoms with Crippen LogP contribution in [-0.2, 0) is 28.6 Å². The first-order valence-corrected chi connectivity index (χ1v) is 31.2. The van der Waals surface area contributed by atoms with Crippen molar-refractivity contribution in [1.29, 1.82) is 0 Å². The predicted octanol–water partition coefficient (Wildman–Crippen LogP) is 21.3. The molecule has 1 atom stereocenters. The van der Waals surface area contributed by atoms with Crippen LogP contribution >= 0.6 is 0 Å². The van der Waals surface area contributed by atoms with E-state index in [1.165, 1.54) is 161 Å². The van der Waals surface area contributed by atoms with E-state index < -0.39 is 6.10 Å². The standard InChI is InChI=1S/C68H116O6/c1-4-7-10-13-16-19-22-25-27-29-30-31-32-33-34-35-36-37-38-40-41-43-46-49-52-55-58-61-67(70)73-64-65(63-72-66(69)60-57-54-51-48-45-24-21-18-15-12-9-6-3)74-68(71)62-59-56-53-50-47-44-42-39-28-26-23-20-17-14-11-8-5-2/h8,11,17,20,22,25-26,28-30,32-33,42,44,50,53,65H,4-7,9-10,12-16,18-19,21,23-24,27,31,34-41,43,45-49,51-52,54-64H2,1-3H3/b11-8-,20-17-,25-22-,28-26-,30-29-,33-32-,44-42-,53-50-. The highest BCUT2D eigenvalue weighted by Crippen LogP contribution is 2.16. The second-order valence-electron chi connectivity index (χ2n) is 20.6. The van der Waals surface area contributed by atoms with Crippen molar-refractivity contribution in [3.8, 4) is 0 Å². The molecule has 74 heavy (non-hydrogen) atoms. The van der Waals surface area contributed by atoms with Gasteiger partial charge in [-0.2, -0.15) is 0 Å². The maximum atomic E-state index is 12.8. The average Bonchev–Trinajstić information content (AvgIpc) is 3.40. The molecular formula is C68H116O6. The number of unbranched alkanes of at least 4 members (excludes halogenated alkanes) is 29. The maximum absolute atomic E-state index is 12.8. The lowest BCUT2D eigenvalue weighted by atomic mass is 10.0. The minimum Gasteiger partial charge on any atom is -0.462 e. The lowest BCUT2D eigenvalue weighted by molar-refractivity contribution is -0.167. The van der Waals surface area contributed by atoms with Crippen LogP contribution < -0.4 is 0 Å². The zero-order chi connectivity index (χ0) is 53.6. The number of ether oxygens (including phenoxy) is 3. The van der Waals surface area contributed by atoms with Gasteiger partial charge in [0.25, 0.3) is 0 Å². The van der Waals surface area contributed by atoms with Crippen molar-refractivity contribution in [3.05, 3.63) is 97.2 Å². The zero-order valence-corrected chi connectivity index (χ0v) is 48.6. The first kappa shape index (κ1) is 70.3. The Balaban J connectivity index is 4.32. The van der Waals surface area contributed by atoms with Gasteiger partial charge in [0.15, 0.2) is 6.10 Å². The summed E-state index contributed by atoms with van der Waals surface area (Å²) >= 11 is 0. The molecule has 6 heteroatoms. The molecular weight excluding hydrogens is 913 g/mol. The average molecular weight is 1030 g/mol. The molecule has 0 aromatic carbocycles. The van der Waals surface area contributed by atoms with Crippen molar-refractivity contribution < 1.29 is 28.6 Å². The maximum Gasteiger partial charge on any atom is 0.306 e. The van der Waals surface area contributed by atoms with Gasteiger partial charge in [0, 0.05) is 19.3 Å². The Labute approximate surface area is 457 Å². The van der Waals surface area contributed by atoms with E-state index in [1.807, 2.05) is 0 Å². The number of carbonyl (C=O) groups excluding carboxylic acids is 3. The molecule has 0 amide bonds. The normalized spacial score (nSPS) is 12.7. The predicted molar refractivity (Wildman–Crippen MR) is 320 cm³/mol. The summed E-state index contributed by atoms with van der Waals surface area (Å²) in [6.45, 7) is 6.48. The van der Waals surface area contributed by atoms with Crippen LogP contribution in [0.5, 0.6) is 0 Å². The Morgan fingerprint density at radius 3 is 0.865 bits per heavy atom. The molecule has 0 heterocycles. The summed E-state index contributed by atoms with van der Waals surface area (Å²) in [5.74, 6) is -0.952. The molecule has 0 fully saturated rings. The Morgan fingerprint density at radius 2 is 0.541 bits per heavy atom. The van der Waals surface area contributed by atoms with Gasteiger partial charge in [-0.15, -0.1) is 0 Å². The second-order valence-corrected chi connectivity index (χ2v) is 20.6.